The van der Waals surface area contributed by atoms with E-state index in [0.717, 1.165) is 6.42 Å². The van der Waals surface area contributed by atoms with Crippen LogP contribution in [0.2, 0.25) is 0 Å². The molecule has 0 heterocycles. The van der Waals surface area contributed by atoms with E-state index < -0.39 is 0 Å². The van der Waals surface area contributed by atoms with Crippen LogP contribution in [0.5, 0.6) is 0 Å². The van der Waals surface area contributed by atoms with Gasteiger partial charge in [-0.2, -0.15) is 0 Å². The first-order valence-corrected chi connectivity index (χ1v) is 5.33. The Kier molecular flexibility index (Phi) is 3.48. The highest BCUT2D eigenvalue weighted by Gasteiger charge is 1.96. The van der Waals surface area contributed by atoms with E-state index in [1.165, 1.54) is 11.3 Å². The van der Waals surface area contributed by atoms with Crippen LogP contribution < -0.4 is 4.31 Å². The van der Waals surface area contributed by atoms with Gasteiger partial charge in [0.25, 0.3) is 0 Å². The van der Waals surface area contributed by atoms with Crippen LogP contribution in [0.25, 0.3) is 0 Å². The Balaban J connectivity index is 2.77. The summed E-state index contributed by atoms with van der Waals surface area (Å²) in [6, 6.07) is 8.69. The fraction of sp³-hybridized carbons (Fsp3) is 0.400. The molecule has 0 saturated carbocycles. The third-order valence-electron chi connectivity index (χ3n) is 1.98. The van der Waals surface area contributed by atoms with Crippen molar-refractivity contribution in [3.05, 3.63) is 29.8 Å². The molecule has 0 unspecified atom stereocenters. The molecule has 0 aliphatic rings. The van der Waals surface area contributed by atoms with E-state index in [9.17, 15) is 0 Å². The highest BCUT2D eigenvalue weighted by molar-refractivity contribution is 7.99. The minimum atomic E-state index is 1.11. The molecule has 1 aromatic rings. The largest absolute Gasteiger partial charge is 0.320 e. The van der Waals surface area contributed by atoms with Gasteiger partial charge in [0.15, 0.2) is 0 Å². The van der Waals surface area contributed by atoms with Crippen LogP contribution in [-0.4, -0.2) is 13.3 Å². The van der Waals surface area contributed by atoms with Gasteiger partial charge in [0, 0.05) is 19.0 Å². The molecule has 0 radical (unpaired) electrons. The number of nitrogens with zero attached hydrogens (tertiary/aromatic N) is 1. The molecule has 2 heteroatoms. The zero-order chi connectivity index (χ0) is 8.97. The molecular weight excluding hydrogens is 166 g/mol. The van der Waals surface area contributed by atoms with Crippen LogP contribution in [0.15, 0.2) is 24.3 Å². The third-order valence-corrected chi connectivity index (χ3v) is 2.74. The zero-order valence-electron chi connectivity index (χ0n) is 7.87. The van der Waals surface area contributed by atoms with Crippen LogP contribution >= 0.6 is 11.9 Å². The number of aryl methyl sites for hydroxylation is 1. The molecule has 0 amide bonds. The number of rotatable bonds is 3. The lowest BCUT2D eigenvalue weighted by Crippen LogP contribution is -2.04. The van der Waals surface area contributed by atoms with Gasteiger partial charge in [-0.05, 0) is 24.1 Å². The first-order valence-electron chi connectivity index (χ1n) is 4.14. The van der Waals surface area contributed by atoms with Crippen molar-refractivity contribution in [2.24, 2.45) is 0 Å². The van der Waals surface area contributed by atoms with Crippen molar-refractivity contribution < 1.29 is 0 Å². The standard InChI is InChI=1S/C10H15NS/c1-4-9-5-7-10(8-6-9)11(2)12-3/h5-8H,4H2,1-3H3. The summed E-state index contributed by atoms with van der Waals surface area (Å²) in [4.78, 5) is 0. The third kappa shape index (κ3) is 2.18. The van der Waals surface area contributed by atoms with Gasteiger partial charge in [-0.3, -0.25) is 0 Å². The summed E-state index contributed by atoms with van der Waals surface area (Å²) in [6.07, 6.45) is 3.19. The second-order valence-electron chi connectivity index (χ2n) is 2.70. The molecule has 0 aromatic heterocycles. The van der Waals surface area contributed by atoms with E-state index in [2.05, 4.69) is 48.8 Å². The predicted molar refractivity (Wildman–Crippen MR) is 57.7 cm³/mol. The Morgan fingerprint density at radius 2 is 1.83 bits per heavy atom. The molecule has 1 nitrogen and oxygen atoms in total. The van der Waals surface area contributed by atoms with Crippen molar-refractivity contribution in [1.29, 1.82) is 0 Å². The summed E-state index contributed by atoms with van der Waals surface area (Å²) >= 11 is 1.72. The van der Waals surface area contributed by atoms with Crippen LogP contribution in [0, 0.1) is 0 Å². The molecule has 1 rings (SSSR count). The van der Waals surface area contributed by atoms with Crippen molar-refractivity contribution in [3.63, 3.8) is 0 Å². The minimum Gasteiger partial charge on any atom is -0.320 e. The summed E-state index contributed by atoms with van der Waals surface area (Å²) in [7, 11) is 2.08. The van der Waals surface area contributed by atoms with Gasteiger partial charge in [0.1, 0.15) is 0 Å². The van der Waals surface area contributed by atoms with Crippen molar-refractivity contribution in [3.8, 4) is 0 Å². The minimum absolute atomic E-state index is 1.11. The van der Waals surface area contributed by atoms with E-state index >= 15 is 0 Å². The van der Waals surface area contributed by atoms with E-state index in [-0.39, 0.29) is 0 Å². The smallest absolute Gasteiger partial charge is 0.0466 e. The lowest BCUT2D eigenvalue weighted by atomic mass is 10.1. The van der Waals surface area contributed by atoms with Crippen molar-refractivity contribution >= 4 is 17.6 Å². The van der Waals surface area contributed by atoms with Crippen LogP contribution in [0.1, 0.15) is 12.5 Å². The van der Waals surface area contributed by atoms with Crippen molar-refractivity contribution in [2.45, 2.75) is 13.3 Å². The first kappa shape index (κ1) is 9.46. The maximum Gasteiger partial charge on any atom is 0.0466 e. The average molecular weight is 181 g/mol. The van der Waals surface area contributed by atoms with E-state index in [0.29, 0.717) is 0 Å². The molecule has 0 aliphatic carbocycles. The SMILES string of the molecule is CCc1ccc(N(C)SC)cc1. The highest BCUT2D eigenvalue weighted by atomic mass is 32.2. The Bertz CT molecular complexity index is 230. The van der Waals surface area contributed by atoms with Crippen molar-refractivity contribution in [1.82, 2.24) is 0 Å². The molecule has 0 atom stereocenters. The van der Waals surface area contributed by atoms with Gasteiger partial charge in [-0.1, -0.05) is 31.0 Å². The maximum atomic E-state index is 2.18. The predicted octanol–water partition coefficient (Wildman–Crippen LogP) is 2.96. The molecule has 12 heavy (non-hydrogen) atoms. The lowest BCUT2D eigenvalue weighted by Gasteiger charge is -2.15. The van der Waals surface area contributed by atoms with Gasteiger partial charge in [-0.15, -0.1) is 0 Å². The van der Waals surface area contributed by atoms with Crippen LogP contribution in [-0.2, 0) is 6.42 Å². The summed E-state index contributed by atoms with van der Waals surface area (Å²) in [5, 5.41) is 0. The normalized spacial score (nSPS) is 9.92. The average Bonchev–Trinajstić information content (AvgIpc) is 2.17. The Morgan fingerprint density at radius 3 is 2.25 bits per heavy atom. The van der Waals surface area contributed by atoms with E-state index in [4.69, 9.17) is 0 Å². The first-order chi connectivity index (χ1) is 5.77. The van der Waals surface area contributed by atoms with Crippen LogP contribution in [0.4, 0.5) is 5.69 Å². The molecular formula is C10H15NS. The van der Waals surface area contributed by atoms with Gasteiger partial charge in [0.05, 0.1) is 0 Å². The molecule has 0 spiro atoms. The van der Waals surface area contributed by atoms with Crippen molar-refractivity contribution in [2.75, 3.05) is 17.6 Å². The van der Waals surface area contributed by atoms with Gasteiger partial charge in [0.2, 0.25) is 0 Å². The molecule has 0 fully saturated rings. The number of benzene rings is 1. The second-order valence-corrected chi connectivity index (χ2v) is 3.61. The fourth-order valence-electron chi connectivity index (χ4n) is 1.05. The molecule has 0 aliphatic heterocycles. The summed E-state index contributed by atoms with van der Waals surface area (Å²) in [5.74, 6) is 0. The molecule has 1 aromatic carbocycles. The number of anilines is 1. The number of hydrogen-bond acceptors (Lipinski definition) is 2. The van der Waals surface area contributed by atoms with Crippen LogP contribution in [0.3, 0.4) is 0 Å². The second kappa shape index (κ2) is 4.41. The maximum absolute atomic E-state index is 2.18. The zero-order valence-corrected chi connectivity index (χ0v) is 8.69. The van der Waals surface area contributed by atoms with Gasteiger partial charge in [-0.25, -0.2) is 0 Å². The van der Waals surface area contributed by atoms with E-state index in [1.54, 1.807) is 11.9 Å². The van der Waals surface area contributed by atoms with E-state index in [1.807, 2.05) is 0 Å². The Morgan fingerprint density at radius 1 is 1.25 bits per heavy atom. The molecule has 66 valence electrons. The summed E-state index contributed by atoms with van der Waals surface area (Å²) < 4.78 is 2.15. The number of hydrogen-bond donors (Lipinski definition) is 0. The topological polar surface area (TPSA) is 3.24 Å². The van der Waals surface area contributed by atoms with Gasteiger partial charge < -0.3 is 4.31 Å². The highest BCUT2D eigenvalue weighted by Crippen LogP contribution is 2.18. The Labute approximate surface area is 78.9 Å². The summed E-state index contributed by atoms with van der Waals surface area (Å²) in [6.45, 7) is 2.17. The Hall–Kier alpha value is -0.630. The van der Waals surface area contributed by atoms with Gasteiger partial charge >= 0.3 is 0 Å². The quantitative estimate of drug-likeness (QED) is 0.660. The fourth-order valence-corrected chi connectivity index (χ4v) is 1.38. The molecule has 0 saturated heterocycles. The molecule has 0 N–H and O–H groups in total. The monoisotopic (exact) mass is 181 g/mol. The molecule has 0 bridgehead atoms. The lowest BCUT2D eigenvalue weighted by molar-refractivity contribution is 1.14. The summed E-state index contributed by atoms with van der Waals surface area (Å²) in [5.41, 5.74) is 2.66.